The molecule has 4 heteroatoms. The second-order valence-corrected chi connectivity index (χ2v) is 6.84. The molecule has 0 saturated heterocycles. The van der Waals surface area contributed by atoms with Crippen LogP contribution >= 0.6 is 0 Å². The van der Waals surface area contributed by atoms with Gasteiger partial charge in [0.05, 0.1) is 5.56 Å². The lowest BCUT2D eigenvalue weighted by atomic mass is 9.78. The van der Waals surface area contributed by atoms with Crippen LogP contribution in [0.3, 0.4) is 0 Å². The quantitative estimate of drug-likeness (QED) is 0.866. The van der Waals surface area contributed by atoms with E-state index in [1.165, 1.54) is 6.42 Å². The fourth-order valence-electron chi connectivity index (χ4n) is 3.20. The molecule has 0 spiro atoms. The summed E-state index contributed by atoms with van der Waals surface area (Å²) >= 11 is 0. The maximum atomic E-state index is 12.1. The largest absolute Gasteiger partial charge is 0.452 e. The molecule has 1 fully saturated rings. The van der Waals surface area contributed by atoms with Crippen molar-refractivity contribution in [3.63, 3.8) is 0 Å². The molecule has 126 valence electrons. The number of esters is 1. The van der Waals surface area contributed by atoms with E-state index in [4.69, 9.17) is 4.74 Å². The minimum Gasteiger partial charge on any atom is -0.452 e. The van der Waals surface area contributed by atoms with E-state index >= 15 is 0 Å². The van der Waals surface area contributed by atoms with Gasteiger partial charge in [0.2, 0.25) is 0 Å². The van der Waals surface area contributed by atoms with Crippen molar-refractivity contribution in [2.45, 2.75) is 53.0 Å². The molecule has 0 aromatic heterocycles. The van der Waals surface area contributed by atoms with E-state index < -0.39 is 5.97 Å². The van der Waals surface area contributed by atoms with Crippen LogP contribution in [0.2, 0.25) is 0 Å². The van der Waals surface area contributed by atoms with Crippen LogP contribution in [0.1, 0.15) is 54.6 Å². The minimum absolute atomic E-state index is 0.186. The Morgan fingerprint density at radius 3 is 2.70 bits per heavy atom. The number of nitrogens with one attached hydrogen (secondary N) is 1. The molecule has 1 aliphatic rings. The summed E-state index contributed by atoms with van der Waals surface area (Å²) in [7, 11) is 0. The topological polar surface area (TPSA) is 55.4 Å². The van der Waals surface area contributed by atoms with E-state index in [0.717, 1.165) is 24.0 Å². The number of benzene rings is 1. The molecule has 0 unspecified atom stereocenters. The molecule has 4 nitrogen and oxygen atoms in total. The van der Waals surface area contributed by atoms with Crippen molar-refractivity contribution >= 4 is 11.9 Å². The van der Waals surface area contributed by atoms with Crippen molar-refractivity contribution in [2.75, 3.05) is 6.61 Å². The first kappa shape index (κ1) is 17.5. The lowest BCUT2D eigenvalue weighted by Crippen LogP contribution is -2.45. The lowest BCUT2D eigenvalue weighted by molar-refractivity contribution is -0.125. The van der Waals surface area contributed by atoms with E-state index in [9.17, 15) is 9.59 Å². The summed E-state index contributed by atoms with van der Waals surface area (Å²) in [5, 5.41) is 3.02. The van der Waals surface area contributed by atoms with Crippen molar-refractivity contribution in [1.29, 1.82) is 0 Å². The third kappa shape index (κ3) is 4.57. The van der Waals surface area contributed by atoms with Gasteiger partial charge in [-0.2, -0.15) is 0 Å². The molecule has 1 N–H and O–H groups in total. The Kier molecular flexibility index (Phi) is 5.80. The summed E-state index contributed by atoms with van der Waals surface area (Å²) in [4.78, 5) is 24.2. The average molecular weight is 317 g/mol. The molecule has 0 aliphatic heterocycles. The van der Waals surface area contributed by atoms with Crippen molar-refractivity contribution in [1.82, 2.24) is 5.32 Å². The highest BCUT2D eigenvalue weighted by molar-refractivity contribution is 5.92. The smallest absolute Gasteiger partial charge is 0.338 e. The van der Waals surface area contributed by atoms with Gasteiger partial charge in [-0.05, 0) is 43.7 Å². The highest BCUT2D eigenvalue weighted by Crippen LogP contribution is 2.29. The number of carbonyl (C=O) groups is 2. The van der Waals surface area contributed by atoms with Crippen LogP contribution in [-0.2, 0) is 9.53 Å². The SMILES string of the molecule is Cc1ccc(C)c(C(=O)OCC(=O)N[C@@H]2CCC[C@@H](C)[C@@H]2C)c1. The summed E-state index contributed by atoms with van der Waals surface area (Å²) in [6.07, 6.45) is 3.36. The van der Waals surface area contributed by atoms with E-state index in [0.29, 0.717) is 17.4 Å². The van der Waals surface area contributed by atoms with Crippen molar-refractivity contribution < 1.29 is 14.3 Å². The van der Waals surface area contributed by atoms with Crippen molar-refractivity contribution in [3.05, 3.63) is 34.9 Å². The normalized spacial score (nSPS) is 24.1. The first-order chi connectivity index (χ1) is 10.9. The molecule has 1 aliphatic carbocycles. The van der Waals surface area contributed by atoms with Gasteiger partial charge in [0.1, 0.15) is 0 Å². The van der Waals surface area contributed by atoms with Crippen LogP contribution in [0.25, 0.3) is 0 Å². The number of amides is 1. The predicted octanol–water partition coefficient (Wildman–Crippen LogP) is 3.40. The Hall–Kier alpha value is -1.84. The first-order valence-corrected chi connectivity index (χ1v) is 8.42. The number of ether oxygens (including phenoxy) is 1. The van der Waals surface area contributed by atoms with Crippen LogP contribution in [0.4, 0.5) is 0 Å². The van der Waals surface area contributed by atoms with Gasteiger partial charge in [-0.15, -0.1) is 0 Å². The van der Waals surface area contributed by atoms with Gasteiger partial charge in [-0.1, -0.05) is 44.4 Å². The fraction of sp³-hybridized carbons (Fsp3) is 0.579. The number of aryl methyl sites for hydroxylation is 2. The molecule has 0 bridgehead atoms. The average Bonchev–Trinajstić information content (AvgIpc) is 2.52. The summed E-state index contributed by atoms with van der Waals surface area (Å²) in [6, 6.07) is 5.81. The third-order valence-electron chi connectivity index (χ3n) is 5.00. The van der Waals surface area contributed by atoms with E-state index in [-0.39, 0.29) is 18.6 Å². The Morgan fingerprint density at radius 1 is 1.22 bits per heavy atom. The van der Waals surface area contributed by atoms with E-state index in [1.807, 2.05) is 26.0 Å². The van der Waals surface area contributed by atoms with Crippen LogP contribution in [0.5, 0.6) is 0 Å². The minimum atomic E-state index is -0.439. The van der Waals surface area contributed by atoms with Gasteiger partial charge in [-0.3, -0.25) is 4.79 Å². The van der Waals surface area contributed by atoms with Crippen LogP contribution in [-0.4, -0.2) is 24.5 Å². The number of carbonyl (C=O) groups excluding carboxylic acids is 2. The molecule has 1 aromatic rings. The molecule has 1 aromatic carbocycles. The van der Waals surface area contributed by atoms with Crippen molar-refractivity contribution in [3.8, 4) is 0 Å². The molecular weight excluding hydrogens is 290 g/mol. The molecular formula is C19H27NO3. The molecule has 0 radical (unpaired) electrons. The maximum absolute atomic E-state index is 12.1. The molecule has 0 heterocycles. The summed E-state index contributed by atoms with van der Waals surface area (Å²) in [6.45, 7) is 7.97. The Bertz CT molecular complexity index is 582. The van der Waals surface area contributed by atoms with Gasteiger partial charge in [0, 0.05) is 6.04 Å². The molecule has 2 rings (SSSR count). The molecule has 23 heavy (non-hydrogen) atoms. The second-order valence-electron chi connectivity index (χ2n) is 6.84. The Labute approximate surface area is 138 Å². The van der Waals surface area contributed by atoms with Crippen LogP contribution < -0.4 is 5.32 Å². The van der Waals surface area contributed by atoms with Crippen LogP contribution in [0.15, 0.2) is 18.2 Å². The highest BCUT2D eigenvalue weighted by atomic mass is 16.5. The van der Waals surface area contributed by atoms with Gasteiger partial charge in [0.25, 0.3) is 5.91 Å². The van der Waals surface area contributed by atoms with E-state index in [1.54, 1.807) is 6.07 Å². The van der Waals surface area contributed by atoms with E-state index in [2.05, 4.69) is 19.2 Å². The zero-order valence-electron chi connectivity index (χ0n) is 14.5. The maximum Gasteiger partial charge on any atom is 0.338 e. The Balaban J connectivity index is 1.86. The number of hydrogen-bond acceptors (Lipinski definition) is 3. The fourth-order valence-corrected chi connectivity index (χ4v) is 3.20. The predicted molar refractivity (Wildman–Crippen MR) is 90.3 cm³/mol. The number of rotatable bonds is 4. The molecule has 3 atom stereocenters. The first-order valence-electron chi connectivity index (χ1n) is 8.42. The zero-order valence-corrected chi connectivity index (χ0v) is 14.5. The third-order valence-corrected chi connectivity index (χ3v) is 5.00. The summed E-state index contributed by atoms with van der Waals surface area (Å²) in [5.41, 5.74) is 2.38. The van der Waals surface area contributed by atoms with Crippen molar-refractivity contribution in [2.24, 2.45) is 11.8 Å². The van der Waals surface area contributed by atoms with Crippen LogP contribution in [0, 0.1) is 25.7 Å². The lowest BCUT2D eigenvalue weighted by Gasteiger charge is -2.34. The number of hydrogen-bond donors (Lipinski definition) is 1. The second kappa shape index (κ2) is 7.62. The van der Waals surface area contributed by atoms with Gasteiger partial charge in [0.15, 0.2) is 6.61 Å². The molecule has 1 amide bonds. The van der Waals surface area contributed by atoms with Gasteiger partial charge in [-0.25, -0.2) is 4.79 Å². The summed E-state index contributed by atoms with van der Waals surface area (Å²) < 4.78 is 5.18. The molecule has 1 saturated carbocycles. The Morgan fingerprint density at radius 2 is 1.96 bits per heavy atom. The standard InChI is InChI=1S/C19H27NO3/c1-12-8-9-14(3)16(10-12)19(22)23-11-18(21)20-17-7-5-6-13(2)15(17)4/h8-10,13,15,17H,5-7,11H2,1-4H3,(H,20,21)/t13-,15+,17-/m1/s1. The highest BCUT2D eigenvalue weighted by Gasteiger charge is 2.28. The zero-order chi connectivity index (χ0) is 17.0. The van der Waals surface area contributed by atoms with Gasteiger partial charge >= 0.3 is 5.97 Å². The monoisotopic (exact) mass is 317 g/mol. The summed E-state index contributed by atoms with van der Waals surface area (Å²) in [5.74, 6) is 0.426. The van der Waals surface area contributed by atoms with Gasteiger partial charge < -0.3 is 10.1 Å².